The van der Waals surface area contributed by atoms with Gasteiger partial charge in [-0.1, -0.05) is 18.6 Å². The van der Waals surface area contributed by atoms with E-state index in [-0.39, 0.29) is 28.9 Å². The molecule has 10 heteroatoms. The molecule has 2 aromatic carbocycles. The molecule has 9 nitrogen and oxygen atoms in total. The number of hydrogen-bond donors (Lipinski definition) is 1. The van der Waals surface area contributed by atoms with Crippen LogP contribution in [0.25, 0.3) is 0 Å². The van der Waals surface area contributed by atoms with Crippen LogP contribution in [0, 0.1) is 10.1 Å². The Morgan fingerprint density at radius 2 is 1.74 bits per heavy atom. The second-order valence-corrected chi connectivity index (χ2v) is 9.07. The van der Waals surface area contributed by atoms with Crippen LogP contribution in [0.4, 0.5) is 5.69 Å². The largest absolute Gasteiger partial charge is 0.497 e. The van der Waals surface area contributed by atoms with Gasteiger partial charge in [0.15, 0.2) is 0 Å². The highest BCUT2D eigenvalue weighted by Gasteiger charge is 2.27. The monoisotopic (exact) mass is 449 g/mol. The molecule has 0 radical (unpaired) electrons. The van der Waals surface area contributed by atoms with Crippen molar-refractivity contribution in [3.05, 3.63) is 58.1 Å². The summed E-state index contributed by atoms with van der Waals surface area (Å²) in [5.74, 6) is 0.778. The van der Waals surface area contributed by atoms with E-state index in [1.54, 1.807) is 7.11 Å². The molecule has 1 fully saturated rings. The smallest absolute Gasteiger partial charge is 0.271 e. The summed E-state index contributed by atoms with van der Waals surface area (Å²) in [6.07, 6.45) is 3.26. The summed E-state index contributed by atoms with van der Waals surface area (Å²) < 4.78 is 39.1. The maximum absolute atomic E-state index is 13.1. The molecule has 1 unspecified atom stereocenters. The molecule has 1 N–H and O–H groups in total. The Bertz CT molecular complexity index is 1000. The fourth-order valence-electron chi connectivity index (χ4n) is 3.77. The first-order valence-electron chi connectivity index (χ1n) is 10.1. The van der Waals surface area contributed by atoms with Crippen molar-refractivity contribution in [2.75, 3.05) is 33.9 Å². The number of likely N-dealkylation sites (tertiary alicyclic amines) is 1. The van der Waals surface area contributed by atoms with Crippen molar-refractivity contribution in [1.29, 1.82) is 0 Å². The number of nitrogens with one attached hydrogen (secondary N) is 1. The maximum atomic E-state index is 13.1. The van der Waals surface area contributed by atoms with Gasteiger partial charge in [0.2, 0.25) is 10.0 Å². The average molecular weight is 450 g/mol. The number of nitro groups is 1. The third kappa shape index (κ3) is 5.52. The number of non-ortho nitro benzene ring substituents is 1. The Hall–Kier alpha value is -2.69. The highest BCUT2D eigenvalue weighted by molar-refractivity contribution is 7.89. The van der Waals surface area contributed by atoms with Gasteiger partial charge < -0.3 is 9.47 Å². The van der Waals surface area contributed by atoms with E-state index in [1.807, 2.05) is 24.3 Å². The first-order chi connectivity index (χ1) is 14.9. The highest BCUT2D eigenvalue weighted by Crippen LogP contribution is 2.30. The van der Waals surface area contributed by atoms with Crippen LogP contribution < -0.4 is 14.2 Å². The maximum Gasteiger partial charge on any atom is 0.271 e. The summed E-state index contributed by atoms with van der Waals surface area (Å²) >= 11 is 0. The van der Waals surface area contributed by atoms with Gasteiger partial charge in [-0.15, -0.1) is 0 Å². The summed E-state index contributed by atoms with van der Waals surface area (Å²) in [6, 6.07) is 10.9. The molecule has 0 aromatic heterocycles. The lowest BCUT2D eigenvalue weighted by Gasteiger charge is -2.35. The molecule has 0 bridgehead atoms. The molecule has 1 aliphatic rings. The molecule has 0 spiro atoms. The minimum atomic E-state index is -4.04. The second-order valence-electron chi connectivity index (χ2n) is 7.33. The Morgan fingerprint density at radius 3 is 2.32 bits per heavy atom. The number of piperidine rings is 1. The number of rotatable bonds is 9. The fourth-order valence-corrected chi connectivity index (χ4v) is 4.99. The second kappa shape index (κ2) is 10.1. The van der Waals surface area contributed by atoms with E-state index in [9.17, 15) is 18.5 Å². The average Bonchev–Trinajstić information content (AvgIpc) is 2.79. The van der Waals surface area contributed by atoms with E-state index in [2.05, 4.69) is 9.62 Å². The molecule has 0 aliphatic carbocycles. The number of sulfonamides is 1. The fraction of sp³-hybridized carbons (Fsp3) is 0.429. The van der Waals surface area contributed by atoms with Gasteiger partial charge in [0, 0.05) is 24.7 Å². The lowest BCUT2D eigenvalue weighted by atomic mass is 10.0. The van der Waals surface area contributed by atoms with Crippen LogP contribution in [0.15, 0.2) is 47.4 Å². The molecule has 2 aromatic rings. The molecule has 1 atom stereocenters. The van der Waals surface area contributed by atoms with Gasteiger partial charge >= 0.3 is 0 Å². The predicted molar refractivity (Wildman–Crippen MR) is 116 cm³/mol. The lowest BCUT2D eigenvalue weighted by molar-refractivity contribution is -0.385. The predicted octanol–water partition coefficient (Wildman–Crippen LogP) is 3.12. The first-order valence-corrected chi connectivity index (χ1v) is 11.5. The SMILES string of the molecule is COc1ccc(C(CNS(=O)(=O)c2cc([N+](=O)[O-])ccc2OC)N2CCCCC2)cc1. The van der Waals surface area contributed by atoms with Crippen LogP contribution in [0.3, 0.4) is 0 Å². The highest BCUT2D eigenvalue weighted by atomic mass is 32.2. The Morgan fingerprint density at radius 1 is 1.06 bits per heavy atom. The molecule has 0 saturated carbocycles. The minimum absolute atomic E-state index is 0.0528. The standard InChI is InChI=1S/C21H27N3O6S/c1-29-18-9-6-16(7-10-18)19(23-12-4-3-5-13-23)15-22-31(27,28)21-14-17(24(25)26)8-11-20(21)30-2/h6-11,14,19,22H,3-5,12-13,15H2,1-2H3. The van der Waals surface area contributed by atoms with Crippen molar-refractivity contribution in [3.63, 3.8) is 0 Å². The zero-order valence-electron chi connectivity index (χ0n) is 17.6. The lowest BCUT2D eigenvalue weighted by Crippen LogP contribution is -2.40. The van der Waals surface area contributed by atoms with Crippen LogP contribution in [-0.2, 0) is 10.0 Å². The summed E-state index contributed by atoms with van der Waals surface area (Å²) in [5.41, 5.74) is 0.653. The molecular weight excluding hydrogens is 422 g/mol. The number of ether oxygens (including phenoxy) is 2. The summed E-state index contributed by atoms with van der Waals surface area (Å²) in [6.45, 7) is 1.87. The van der Waals surface area contributed by atoms with E-state index < -0.39 is 14.9 Å². The van der Waals surface area contributed by atoms with Gasteiger partial charge in [-0.25, -0.2) is 13.1 Å². The zero-order valence-corrected chi connectivity index (χ0v) is 18.4. The van der Waals surface area contributed by atoms with Crippen molar-refractivity contribution < 1.29 is 22.8 Å². The number of nitrogens with zero attached hydrogens (tertiary/aromatic N) is 2. The molecule has 0 amide bonds. The molecule has 1 saturated heterocycles. The van der Waals surface area contributed by atoms with E-state index in [0.29, 0.717) is 0 Å². The van der Waals surface area contributed by atoms with Crippen LogP contribution in [0.2, 0.25) is 0 Å². The third-order valence-corrected chi connectivity index (χ3v) is 6.89. The van der Waals surface area contributed by atoms with E-state index in [0.717, 1.165) is 49.7 Å². The number of methoxy groups -OCH3 is 2. The first kappa shape index (κ1) is 23.0. The van der Waals surface area contributed by atoms with E-state index >= 15 is 0 Å². The van der Waals surface area contributed by atoms with E-state index in [4.69, 9.17) is 9.47 Å². The van der Waals surface area contributed by atoms with Gasteiger partial charge in [-0.05, 0) is 49.7 Å². The molecular formula is C21H27N3O6S. The van der Waals surface area contributed by atoms with Gasteiger partial charge in [-0.2, -0.15) is 0 Å². The minimum Gasteiger partial charge on any atom is -0.497 e. The van der Waals surface area contributed by atoms with Crippen LogP contribution >= 0.6 is 0 Å². The van der Waals surface area contributed by atoms with Gasteiger partial charge in [0.1, 0.15) is 16.4 Å². The van der Waals surface area contributed by atoms with Gasteiger partial charge in [0.05, 0.1) is 19.1 Å². The van der Waals surface area contributed by atoms with Crippen molar-refractivity contribution in [1.82, 2.24) is 9.62 Å². The van der Waals surface area contributed by atoms with E-state index in [1.165, 1.54) is 19.2 Å². The van der Waals surface area contributed by atoms with Crippen molar-refractivity contribution >= 4 is 15.7 Å². The Labute approximate surface area is 182 Å². The summed E-state index contributed by atoms with van der Waals surface area (Å²) in [7, 11) is -1.12. The van der Waals surface area contributed by atoms with Crippen LogP contribution in [0.5, 0.6) is 11.5 Å². The zero-order chi connectivity index (χ0) is 22.4. The number of benzene rings is 2. The van der Waals surface area contributed by atoms with Crippen molar-refractivity contribution in [2.45, 2.75) is 30.2 Å². The van der Waals surface area contributed by atoms with Crippen LogP contribution in [-0.4, -0.2) is 52.1 Å². The number of hydrogen-bond acceptors (Lipinski definition) is 7. The topological polar surface area (TPSA) is 111 Å². The van der Waals surface area contributed by atoms with Crippen molar-refractivity contribution in [2.24, 2.45) is 0 Å². The molecule has 3 rings (SSSR count). The molecule has 1 aliphatic heterocycles. The van der Waals surface area contributed by atoms with Gasteiger partial charge in [0.25, 0.3) is 5.69 Å². The summed E-state index contributed by atoms with van der Waals surface area (Å²) in [4.78, 5) is 12.5. The normalized spacial score (nSPS) is 15.9. The molecule has 1 heterocycles. The summed E-state index contributed by atoms with van der Waals surface area (Å²) in [5, 5.41) is 11.1. The molecule has 31 heavy (non-hydrogen) atoms. The van der Waals surface area contributed by atoms with Crippen molar-refractivity contribution in [3.8, 4) is 11.5 Å². The Kier molecular flexibility index (Phi) is 7.47. The number of nitro benzene ring substituents is 1. The quantitative estimate of drug-likeness (QED) is 0.462. The van der Waals surface area contributed by atoms with Gasteiger partial charge in [-0.3, -0.25) is 15.0 Å². The molecule has 168 valence electrons. The third-order valence-electron chi connectivity index (χ3n) is 5.45. The Balaban J connectivity index is 1.87. The van der Waals surface area contributed by atoms with Crippen LogP contribution in [0.1, 0.15) is 30.9 Å².